The monoisotopic (exact) mass is 254 g/mol. The predicted molar refractivity (Wildman–Crippen MR) is 77.9 cm³/mol. The van der Waals surface area contributed by atoms with Crippen LogP contribution in [0, 0.1) is 0 Å². The van der Waals surface area contributed by atoms with Crippen LogP contribution in [0.5, 0.6) is 0 Å². The Morgan fingerprint density at radius 2 is 1.89 bits per heavy atom. The molecule has 1 aromatic carbocycles. The number of anilines is 3. The van der Waals surface area contributed by atoms with Crippen molar-refractivity contribution in [2.45, 2.75) is 25.7 Å². The maximum atomic E-state index is 4.27. The number of hydrogen-bond donors (Lipinski definition) is 2. The molecule has 0 unspecified atom stereocenters. The molecule has 98 valence electrons. The van der Waals surface area contributed by atoms with E-state index in [1.54, 1.807) is 6.33 Å². The lowest BCUT2D eigenvalue weighted by molar-refractivity contribution is 0.687. The normalized spacial score (nSPS) is 13.7. The Morgan fingerprint density at radius 1 is 1.05 bits per heavy atom. The number of rotatable bonds is 3. The molecule has 1 aromatic heterocycles. The largest absolute Gasteiger partial charge is 0.373 e. The van der Waals surface area contributed by atoms with Gasteiger partial charge in [0.15, 0.2) is 0 Å². The number of benzene rings is 1. The second-order valence-corrected chi connectivity index (χ2v) is 4.81. The molecule has 3 rings (SSSR count). The van der Waals surface area contributed by atoms with Gasteiger partial charge in [-0.3, -0.25) is 0 Å². The average Bonchev–Trinajstić information content (AvgIpc) is 2.48. The first-order valence-electron chi connectivity index (χ1n) is 6.74. The van der Waals surface area contributed by atoms with Crippen molar-refractivity contribution in [1.82, 2.24) is 9.97 Å². The SMILES string of the molecule is CNc1cc(Nc2cccc3c2CCCC3)ncn1. The molecule has 0 bridgehead atoms. The first-order valence-corrected chi connectivity index (χ1v) is 6.74. The van der Waals surface area contributed by atoms with Crippen LogP contribution in [0.2, 0.25) is 0 Å². The highest BCUT2D eigenvalue weighted by Gasteiger charge is 2.13. The van der Waals surface area contributed by atoms with Crippen molar-refractivity contribution < 1.29 is 0 Å². The second-order valence-electron chi connectivity index (χ2n) is 4.81. The molecule has 2 N–H and O–H groups in total. The zero-order chi connectivity index (χ0) is 13.1. The first-order chi connectivity index (χ1) is 9.36. The van der Waals surface area contributed by atoms with Crippen molar-refractivity contribution in [3.05, 3.63) is 41.7 Å². The summed E-state index contributed by atoms with van der Waals surface area (Å²) in [6.07, 6.45) is 6.49. The fraction of sp³-hybridized carbons (Fsp3) is 0.333. The van der Waals surface area contributed by atoms with Crippen LogP contribution in [0.4, 0.5) is 17.3 Å². The Morgan fingerprint density at radius 3 is 2.79 bits per heavy atom. The minimum absolute atomic E-state index is 0.822. The summed E-state index contributed by atoms with van der Waals surface area (Å²) in [6, 6.07) is 8.40. The zero-order valence-corrected chi connectivity index (χ0v) is 11.1. The van der Waals surface area contributed by atoms with E-state index >= 15 is 0 Å². The summed E-state index contributed by atoms with van der Waals surface area (Å²) in [5.41, 5.74) is 4.09. The molecule has 4 heteroatoms. The van der Waals surface area contributed by atoms with Crippen LogP contribution in [0.25, 0.3) is 0 Å². The molecule has 1 aliphatic rings. The smallest absolute Gasteiger partial charge is 0.135 e. The van der Waals surface area contributed by atoms with Crippen LogP contribution in [0.3, 0.4) is 0 Å². The molecule has 19 heavy (non-hydrogen) atoms. The van der Waals surface area contributed by atoms with Crippen molar-refractivity contribution in [2.75, 3.05) is 17.7 Å². The summed E-state index contributed by atoms with van der Waals surface area (Å²) in [5.74, 6) is 1.65. The second kappa shape index (κ2) is 5.26. The molecular formula is C15H18N4. The van der Waals surface area contributed by atoms with Crippen LogP contribution in [0.15, 0.2) is 30.6 Å². The summed E-state index contributed by atoms with van der Waals surface area (Å²) in [6.45, 7) is 0. The molecule has 0 spiro atoms. The van der Waals surface area contributed by atoms with E-state index in [4.69, 9.17) is 0 Å². The van der Waals surface area contributed by atoms with Gasteiger partial charge in [-0.1, -0.05) is 12.1 Å². The Labute approximate surface area is 113 Å². The highest BCUT2D eigenvalue weighted by molar-refractivity contribution is 5.64. The van der Waals surface area contributed by atoms with E-state index in [1.165, 1.54) is 36.1 Å². The Bertz CT molecular complexity index is 580. The van der Waals surface area contributed by atoms with Gasteiger partial charge >= 0.3 is 0 Å². The third kappa shape index (κ3) is 2.52. The third-order valence-corrected chi connectivity index (χ3v) is 3.58. The van der Waals surface area contributed by atoms with E-state index in [1.807, 2.05) is 13.1 Å². The molecule has 2 aromatic rings. The van der Waals surface area contributed by atoms with Crippen molar-refractivity contribution in [1.29, 1.82) is 0 Å². The maximum Gasteiger partial charge on any atom is 0.135 e. The van der Waals surface area contributed by atoms with E-state index in [9.17, 15) is 0 Å². The molecule has 4 nitrogen and oxygen atoms in total. The van der Waals surface area contributed by atoms with Crippen molar-refractivity contribution in [3.8, 4) is 0 Å². The number of aryl methyl sites for hydroxylation is 1. The van der Waals surface area contributed by atoms with E-state index in [0.29, 0.717) is 0 Å². The summed E-state index contributed by atoms with van der Waals surface area (Å²) >= 11 is 0. The van der Waals surface area contributed by atoms with Crippen LogP contribution in [-0.4, -0.2) is 17.0 Å². The average molecular weight is 254 g/mol. The topological polar surface area (TPSA) is 49.8 Å². The van der Waals surface area contributed by atoms with Crippen molar-refractivity contribution in [2.24, 2.45) is 0 Å². The highest BCUT2D eigenvalue weighted by atomic mass is 15.1. The lowest BCUT2D eigenvalue weighted by atomic mass is 9.90. The summed E-state index contributed by atoms with van der Waals surface area (Å²) in [4.78, 5) is 8.39. The molecule has 1 aliphatic carbocycles. The van der Waals surface area contributed by atoms with Crippen LogP contribution >= 0.6 is 0 Å². The molecular weight excluding hydrogens is 236 g/mol. The van der Waals surface area contributed by atoms with Gasteiger partial charge < -0.3 is 10.6 Å². The molecule has 0 atom stereocenters. The van der Waals surface area contributed by atoms with Gasteiger partial charge in [0.25, 0.3) is 0 Å². The first kappa shape index (κ1) is 12.0. The fourth-order valence-electron chi connectivity index (χ4n) is 2.60. The molecule has 1 heterocycles. The Hall–Kier alpha value is -2.10. The van der Waals surface area contributed by atoms with Gasteiger partial charge in [-0.25, -0.2) is 9.97 Å². The predicted octanol–water partition coefficient (Wildman–Crippen LogP) is 3.14. The van der Waals surface area contributed by atoms with E-state index in [2.05, 4.69) is 38.8 Å². The van der Waals surface area contributed by atoms with Gasteiger partial charge in [-0.05, 0) is 42.9 Å². The van der Waals surface area contributed by atoms with Gasteiger partial charge in [-0.2, -0.15) is 0 Å². The van der Waals surface area contributed by atoms with E-state index in [-0.39, 0.29) is 0 Å². The van der Waals surface area contributed by atoms with Crippen molar-refractivity contribution in [3.63, 3.8) is 0 Å². The number of aromatic nitrogens is 2. The summed E-state index contributed by atoms with van der Waals surface area (Å²) < 4.78 is 0. The maximum absolute atomic E-state index is 4.27. The Balaban J connectivity index is 1.90. The summed E-state index contributed by atoms with van der Waals surface area (Å²) in [5, 5.41) is 6.44. The minimum atomic E-state index is 0.822. The van der Waals surface area contributed by atoms with Gasteiger partial charge in [0.2, 0.25) is 0 Å². The molecule has 0 saturated carbocycles. The Kier molecular flexibility index (Phi) is 3.31. The number of nitrogens with one attached hydrogen (secondary N) is 2. The quantitative estimate of drug-likeness (QED) is 0.883. The lowest BCUT2D eigenvalue weighted by Crippen LogP contribution is -2.07. The number of nitrogens with zero attached hydrogens (tertiary/aromatic N) is 2. The third-order valence-electron chi connectivity index (χ3n) is 3.58. The zero-order valence-electron chi connectivity index (χ0n) is 11.1. The molecule has 0 amide bonds. The standard InChI is InChI=1S/C15H18N4/c1-16-14-9-15(18-10-17-14)19-13-8-4-6-11-5-2-3-7-12(11)13/h4,6,8-10H,2-3,5,7H2,1H3,(H2,16,17,18,19). The lowest BCUT2D eigenvalue weighted by Gasteiger charge is -2.19. The van der Waals surface area contributed by atoms with Crippen LogP contribution < -0.4 is 10.6 Å². The van der Waals surface area contributed by atoms with Gasteiger partial charge in [-0.15, -0.1) is 0 Å². The molecule has 0 radical (unpaired) electrons. The number of fused-ring (bicyclic) bond motifs is 1. The minimum Gasteiger partial charge on any atom is -0.373 e. The molecule has 0 fully saturated rings. The molecule has 0 saturated heterocycles. The summed E-state index contributed by atoms with van der Waals surface area (Å²) in [7, 11) is 1.86. The molecule has 0 aliphatic heterocycles. The van der Waals surface area contributed by atoms with Gasteiger partial charge in [0.05, 0.1) is 0 Å². The fourth-order valence-corrected chi connectivity index (χ4v) is 2.60. The van der Waals surface area contributed by atoms with Crippen LogP contribution in [0.1, 0.15) is 24.0 Å². The van der Waals surface area contributed by atoms with Gasteiger partial charge in [0.1, 0.15) is 18.0 Å². The van der Waals surface area contributed by atoms with E-state index in [0.717, 1.165) is 18.1 Å². The van der Waals surface area contributed by atoms with Crippen LogP contribution in [-0.2, 0) is 12.8 Å². The van der Waals surface area contributed by atoms with Gasteiger partial charge in [0, 0.05) is 18.8 Å². The van der Waals surface area contributed by atoms with Crippen molar-refractivity contribution >= 4 is 17.3 Å². The van der Waals surface area contributed by atoms with E-state index < -0.39 is 0 Å². The number of hydrogen-bond acceptors (Lipinski definition) is 4. The highest BCUT2D eigenvalue weighted by Crippen LogP contribution is 2.29.